The molecule has 0 aromatic heterocycles. The molecular formula is C15H14O2. The Balaban J connectivity index is 2.54. The van der Waals surface area contributed by atoms with Crippen LogP contribution in [-0.4, -0.2) is 13.1 Å². The van der Waals surface area contributed by atoms with Gasteiger partial charge in [-0.3, -0.25) is 0 Å². The Morgan fingerprint density at radius 1 is 1.18 bits per heavy atom. The molecule has 2 nitrogen and oxygen atoms in total. The van der Waals surface area contributed by atoms with Gasteiger partial charge in [-0.1, -0.05) is 36.4 Å². The molecule has 0 amide bonds. The smallest absolute Gasteiger partial charge is 0.330 e. The molecule has 0 N–H and O–H groups in total. The highest BCUT2D eigenvalue weighted by molar-refractivity contribution is 5.96. The Bertz CT molecular complexity index is 577. The molecule has 2 aromatic carbocycles. The van der Waals surface area contributed by atoms with Crippen molar-refractivity contribution in [3.8, 4) is 0 Å². The third-order valence-corrected chi connectivity index (χ3v) is 2.75. The molecule has 0 spiro atoms. The van der Waals surface area contributed by atoms with Gasteiger partial charge in [-0.2, -0.15) is 0 Å². The Hall–Kier alpha value is -2.09. The molecule has 2 rings (SSSR count). The Morgan fingerprint density at radius 3 is 2.59 bits per heavy atom. The quantitative estimate of drug-likeness (QED) is 0.580. The lowest BCUT2D eigenvalue weighted by atomic mass is 10.00. The molecule has 0 saturated heterocycles. The molecule has 0 fully saturated rings. The van der Waals surface area contributed by atoms with Crippen LogP contribution in [0.4, 0.5) is 0 Å². The highest BCUT2D eigenvalue weighted by atomic mass is 16.5. The third-order valence-electron chi connectivity index (χ3n) is 2.75. The van der Waals surface area contributed by atoms with Gasteiger partial charge in [0.2, 0.25) is 0 Å². The summed E-state index contributed by atoms with van der Waals surface area (Å²) in [6.07, 6.45) is 3.24. The number of carbonyl (C=O) groups is 1. The van der Waals surface area contributed by atoms with Crippen molar-refractivity contribution >= 4 is 22.8 Å². The number of aryl methyl sites for hydroxylation is 1. The topological polar surface area (TPSA) is 26.3 Å². The second-order valence-corrected chi connectivity index (χ2v) is 3.88. The van der Waals surface area contributed by atoms with Crippen LogP contribution in [0.15, 0.2) is 42.5 Å². The van der Waals surface area contributed by atoms with Crippen LogP contribution >= 0.6 is 0 Å². The van der Waals surface area contributed by atoms with E-state index in [1.807, 2.05) is 18.2 Å². The number of methoxy groups -OCH3 is 1. The van der Waals surface area contributed by atoms with Gasteiger partial charge >= 0.3 is 5.97 Å². The lowest BCUT2D eigenvalue weighted by molar-refractivity contribution is -0.134. The van der Waals surface area contributed by atoms with Crippen LogP contribution in [0.2, 0.25) is 0 Å². The number of hydrogen-bond donors (Lipinski definition) is 0. The zero-order valence-electron chi connectivity index (χ0n) is 9.94. The predicted molar refractivity (Wildman–Crippen MR) is 69.7 cm³/mol. The first-order valence-corrected chi connectivity index (χ1v) is 5.47. The van der Waals surface area contributed by atoms with E-state index in [2.05, 4.69) is 29.9 Å². The first-order chi connectivity index (χ1) is 8.22. The number of fused-ring (bicyclic) bond motifs is 1. The van der Waals surface area contributed by atoms with Gasteiger partial charge in [0.25, 0.3) is 0 Å². The largest absolute Gasteiger partial charge is 0.466 e. The van der Waals surface area contributed by atoms with Crippen LogP contribution in [0, 0.1) is 6.92 Å². The van der Waals surface area contributed by atoms with Crippen molar-refractivity contribution in [1.82, 2.24) is 0 Å². The van der Waals surface area contributed by atoms with Gasteiger partial charge in [-0.25, -0.2) is 4.79 Å². The van der Waals surface area contributed by atoms with E-state index in [0.29, 0.717) is 0 Å². The summed E-state index contributed by atoms with van der Waals surface area (Å²) in [5.41, 5.74) is 2.23. The Morgan fingerprint density at radius 2 is 1.88 bits per heavy atom. The van der Waals surface area contributed by atoms with Gasteiger partial charge in [-0.05, 0) is 34.9 Å². The van der Waals surface area contributed by atoms with Gasteiger partial charge in [0.05, 0.1) is 7.11 Å². The maximum absolute atomic E-state index is 11.1. The molecule has 0 saturated carbocycles. The molecular weight excluding hydrogens is 212 g/mol. The molecule has 0 aliphatic carbocycles. The molecule has 86 valence electrons. The van der Waals surface area contributed by atoms with Crippen molar-refractivity contribution in [1.29, 1.82) is 0 Å². The van der Waals surface area contributed by atoms with Crippen molar-refractivity contribution in [3.63, 3.8) is 0 Å². The van der Waals surface area contributed by atoms with E-state index in [1.54, 1.807) is 6.08 Å². The highest BCUT2D eigenvalue weighted by Gasteiger charge is 2.01. The van der Waals surface area contributed by atoms with Crippen molar-refractivity contribution in [2.24, 2.45) is 0 Å². The average Bonchev–Trinajstić information content (AvgIpc) is 2.36. The van der Waals surface area contributed by atoms with E-state index in [1.165, 1.54) is 29.5 Å². The van der Waals surface area contributed by atoms with Crippen LogP contribution in [0.25, 0.3) is 16.8 Å². The van der Waals surface area contributed by atoms with Crippen molar-refractivity contribution in [2.45, 2.75) is 6.92 Å². The van der Waals surface area contributed by atoms with Crippen molar-refractivity contribution in [3.05, 3.63) is 53.6 Å². The average molecular weight is 226 g/mol. The fraction of sp³-hybridized carbons (Fsp3) is 0.133. The molecule has 2 aromatic rings. The lowest BCUT2D eigenvalue weighted by Gasteiger charge is -2.05. The van der Waals surface area contributed by atoms with Gasteiger partial charge in [0.15, 0.2) is 0 Å². The summed E-state index contributed by atoms with van der Waals surface area (Å²) in [6, 6.07) is 12.2. The summed E-state index contributed by atoms with van der Waals surface area (Å²) in [4.78, 5) is 11.1. The maximum Gasteiger partial charge on any atom is 0.330 e. The standard InChI is InChI=1S/C15H14O2/c1-11-5-3-6-12-7-4-8-13(15(11)12)9-10-14(16)17-2/h3-10H,1-2H3/b10-9+. The molecule has 0 bridgehead atoms. The minimum absolute atomic E-state index is 0.337. The molecule has 2 heteroatoms. The third kappa shape index (κ3) is 2.36. The van der Waals surface area contributed by atoms with Gasteiger partial charge in [0, 0.05) is 6.08 Å². The molecule has 0 atom stereocenters. The summed E-state index contributed by atoms with van der Waals surface area (Å²) in [5.74, 6) is -0.337. The SMILES string of the molecule is COC(=O)/C=C/c1cccc2cccc(C)c12. The molecule has 0 aliphatic heterocycles. The van der Waals surface area contributed by atoms with Crippen LogP contribution in [0.5, 0.6) is 0 Å². The molecule has 0 aliphatic rings. The summed E-state index contributed by atoms with van der Waals surface area (Å²) >= 11 is 0. The molecule has 0 radical (unpaired) electrons. The van der Waals surface area contributed by atoms with Crippen molar-refractivity contribution in [2.75, 3.05) is 7.11 Å². The second kappa shape index (κ2) is 4.83. The normalized spacial score (nSPS) is 10.9. The number of hydrogen-bond acceptors (Lipinski definition) is 2. The van der Waals surface area contributed by atoms with Crippen molar-refractivity contribution < 1.29 is 9.53 Å². The first kappa shape index (κ1) is 11.4. The molecule has 17 heavy (non-hydrogen) atoms. The van der Waals surface area contributed by atoms with Crippen LogP contribution in [0.1, 0.15) is 11.1 Å². The van der Waals surface area contributed by atoms with E-state index in [-0.39, 0.29) is 5.97 Å². The first-order valence-electron chi connectivity index (χ1n) is 5.47. The van der Waals surface area contributed by atoms with Crippen LogP contribution in [0.3, 0.4) is 0 Å². The van der Waals surface area contributed by atoms with Crippen LogP contribution < -0.4 is 0 Å². The fourth-order valence-corrected chi connectivity index (χ4v) is 1.93. The number of esters is 1. The van der Waals surface area contributed by atoms with Gasteiger partial charge in [0.1, 0.15) is 0 Å². The number of ether oxygens (including phenoxy) is 1. The van der Waals surface area contributed by atoms with E-state index in [4.69, 9.17) is 0 Å². The van der Waals surface area contributed by atoms with Gasteiger partial charge in [-0.15, -0.1) is 0 Å². The van der Waals surface area contributed by atoms with Gasteiger partial charge < -0.3 is 4.74 Å². The Labute approximate surface area is 101 Å². The summed E-state index contributed by atoms with van der Waals surface area (Å²) in [5, 5.41) is 2.35. The lowest BCUT2D eigenvalue weighted by Crippen LogP contribution is -1.93. The monoisotopic (exact) mass is 226 g/mol. The number of carbonyl (C=O) groups excluding carboxylic acids is 1. The number of benzene rings is 2. The van der Waals surface area contributed by atoms with E-state index in [9.17, 15) is 4.79 Å². The summed E-state index contributed by atoms with van der Waals surface area (Å²) in [6.45, 7) is 2.07. The summed E-state index contributed by atoms with van der Waals surface area (Å²) < 4.78 is 4.59. The van der Waals surface area contributed by atoms with E-state index in [0.717, 1.165) is 5.56 Å². The predicted octanol–water partition coefficient (Wildman–Crippen LogP) is 3.33. The minimum atomic E-state index is -0.337. The minimum Gasteiger partial charge on any atom is -0.466 e. The zero-order chi connectivity index (χ0) is 12.3. The number of rotatable bonds is 2. The fourth-order valence-electron chi connectivity index (χ4n) is 1.93. The highest BCUT2D eigenvalue weighted by Crippen LogP contribution is 2.23. The summed E-state index contributed by atoms with van der Waals surface area (Å²) in [7, 11) is 1.38. The molecule has 0 unspecified atom stereocenters. The molecule has 0 heterocycles. The second-order valence-electron chi connectivity index (χ2n) is 3.88. The maximum atomic E-state index is 11.1. The van der Waals surface area contributed by atoms with E-state index >= 15 is 0 Å². The zero-order valence-corrected chi connectivity index (χ0v) is 9.94. The Kier molecular flexibility index (Phi) is 3.24. The van der Waals surface area contributed by atoms with Crippen LogP contribution in [-0.2, 0) is 9.53 Å². The van der Waals surface area contributed by atoms with E-state index < -0.39 is 0 Å².